The standard InChI is InChI=1S/C18H25N5O7S/c1-10(24)29-8-11-9-31-15-12(21-17(27)30-18(2,3)4)14(25)23(15)13(11)16(26)28-7-5-6-20-22-19/h12,15H,5-9H2,1-4H3,(H,21,27)/t12-,15-/m1/s1. The predicted octanol–water partition coefficient (Wildman–Crippen LogP) is 1.86. The summed E-state index contributed by atoms with van der Waals surface area (Å²) in [5, 5.41) is 5.37. The van der Waals surface area contributed by atoms with E-state index in [9.17, 15) is 19.2 Å². The fourth-order valence-corrected chi connectivity index (χ4v) is 4.15. The number of esters is 2. The number of azide groups is 1. The fourth-order valence-electron chi connectivity index (χ4n) is 2.82. The Bertz CT molecular complexity index is 832. The summed E-state index contributed by atoms with van der Waals surface area (Å²) >= 11 is 1.32. The maximum atomic E-state index is 12.7. The molecule has 1 saturated heterocycles. The van der Waals surface area contributed by atoms with Crippen molar-refractivity contribution in [2.75, 3.05) is 25.5 Å². The van der Waals surface area contributed by atoms with Gasteiger partial charge in [0.2, 0.25) is 0 Å². The Labute approximate surface area is 183 Å². The van der Waals surface area contributed by atoms with E-state index in [0.29, 0.717) is 17.7 Å². The first-order valence-electron chi connectivity index (χ1n) is 9.52. The van der Waals surface area contributed by atoms with Crippen LogP contribution in [0.15, 0.2) is 16.4 Å². The van der Waals surface area contributed by atoms with Gasteiger partial charge in [-0.2, -0.15) is 0 Å². The van der Waals surface area contributed by atoms with Gasteiger partial charge in [0.25, 0.3) is 5.91 Å². The Morgan fingerprint density at radius 1 is 1.32 bits per heavy atom. The molecule has 0 aromatic heterocycles. The number of rotatable bonds is 8. The molecule has 0 bridgehead atoms. The molecule has 2 rings (SSSR count). The summed E-state index contributed by atoms with van der Waals surface area (Å²) in [6.07, 6.45) is -0.417. The van der Waals surface area contributed by atoms with E-state index < -0.39 is 41.0 Å². The van der Waals surface area contributed by atoms with E-state index in [2.05, 4.69) is 15.3 Å². The molecule has 0 aromatic rings. The highest BCUT2D eigenvalue weighted by Crippen LogP contribution is 2.40. The van der Waals surface area contributed by atoms with Crippen molar-refractivity contribution in [3.63, 3.8) is 0 Å². The highest BCUT2D eigenvalue weighted by molar-refractivity contribution is 8.00. The largest absolute Gasteiger partial charge is 0.461 e. The third kappa shape index (κ3) is 6.53. The molecule has 0 aromatic carbocycles. The smallest absolute Gasteiger partial charge is 0.408 e. The normalized spacial score (nSPS) is 20.1. The number of ether oxygens (including phenoxy) is 3. The van der Waals surface area contributed by atoms with E-state index in [-0.39, 0.29) is 25.5 Å². The van der Waals surface area contributed by atoms with Crippen molar-refractivity contribution < 1.29 is 33.4 Å². The minimum atomic E-state index is -0.858. The molecule has 0 spiro atoms. The van der Waals surface area contributed by atoms with Gasteiger partial charge in [-0.1, -0.05) is 5.11 Å². The van der Waals surface area contributed by atoms with Gasteiger partial charge in [-0.05, 0) is 32.7 Å². The summed E-state index contributed by atoms with van der Waals surface area (Å²) in [5.41, 5.74) is 7.99. The maximum absolute atomic E-state index is 12.7. The number of carbonyl (C=O) groups excluding carboxylic acids is 4. The zero-order chi connectivity index (χ0) is 23.2. The first-order valence-corrected chi connectivity index (χ1v) is 10.6. The van der Waals surface area contributed by atoms with E-state index >= 15 is 0 Å². The van der Waals surface area contributed by atoms with Crippen LogP contribution in [0.2, 0.25) is 0 Å². The minimum Gasteiger partial charge on any atom is -0.461 e. The maximum Gasteiger partial charge on any atom is 0.408 e. The SMILES string of the molecule is CC(=O)OCC1=C(C(=O)OCCCN=[N+]=[N-])N2C(=O)[C@@H](NC(=O)OC(C)(C)C)[C@H]2SC1. The van der Waals surface area contributed by atoms with Crippen LogP contribution in [-0.4, -0.2) is 71.4 Å². The van der Waals surface area contributed by atoms with Crippen LogP contribution in [0, 0.1) is 0 Å². The Hall–Kier alpha value is -2.92. The Kier molecular flexibility index (Phi) is 8.17. The number of β-lactam (4-membered cyclic amide) rings is 1. The summed E-state index contributed by atoms with van der Waals surface area (Å²) in [5.74, 6) is -1.47. The topological polar surface area (TPSA) is 160 Å². The van der Waals surface area contributed by atoms with Crippen LogP contribution in [0.25, 0.3) is 10.4 Å². The molecule has 2 aliphatic heterocycles. The summed E-state index contributed by atoms with van der Waals surface area (Å²) in [6, 6.07) is -0.858. The highest BCUT2D eigenvalue weighted by Gasteiger charge is 2.54. The number of amides is 2. The highest BCUT2D eigenvalue weighted by atomic mass is 32.2. The second kappa shape index (κ2) is 10.4. The van der Waals surface area contributed by atoms with Crippen molar-refractivity contribution in [3.8, 4) is 0 Å². The summed E-state index contributed by atoms with van der Waals surface area (Å²) in [7, 11) is 0. The lowest BCUT2D eigenvalue weighted by molar-refractivity contribution is -0.152. The van der Waals surface area contributed by atoms with Crippen molar-refractivity contribution in [1.82, 2.24) is 10.2 Å². The molecule has 12 nitrogen and oxygen atoms in total. The Morgan fingerprint density at radius 2 is 2.03 bits per heavy atom. The van der Waals surface area contributed by atoms with Crippen molar-refractivity contribution in [1.29, 1.82) is 0 Å². The molecule has 2 atom stereocenters. The van der Waals surface area contributed by atoms with E-state index in [1.54, 1.807) is 20.8 Å². The van der Waals surface area contributed by atoms with E-state index in [1.165, 1.54) is 23.6 Å². The molecule has 2 amide bonds. The van der Waals surface area contributed by atoms with Gasteiger partial charge in [-0.25, -0.2) is 9.59 Å². The molecule has 13 heteroatoms. The molecule has 2 aliphatic rings. The van der Waals surface area contributed by atoms with Crippen LogP contribution in [0.4, 0.5) is 4.79 Å². The third-order valence-electron chi connectivity index (χ3n) is 4.06. The molecule has 0 radical (unpaired) electrons. The zero-order valence-electron chi connectivity index (χ0n) is 17.7. The quantitative estimate of drug-likeness (QED) is 0.110. The van der Waals surface area contributed by atoms with Crippen molar-refractivity contribution in [2.24, 2.45) is 5.11 Å². The van der Waals surface area contributed by atoms with Gasteiger partial charge >= 0.3 is 18.0 Å². The number of fused-ring (bicyclic) bond motifs is 1. The van der Waals surface area contributed by atoms with Gasteiger partial charge in [0, 0.05) is 29.7 Å². The number of nitrogens with zero attached hydrogens (tertiary/aromatic N) is 4. The van der Waals surface area contributed by atoms with E-state index in [1.807, 2.05) is 0 Å². The van der Waals surface area contributed by atoms with Crippen LogP contribution in [0.5, 0.6) is 0 Å². The van der Waals surface area contributed by atoms with E-state index in [4.69, 9.17) is 19.7 Å². The molecule has 0 aliphatic carbocycles. The number of hydrogen-bond donors (Lipinski definition) is 1. The Morgan fingerprint density at radius 3 is 2.65 bits per heavy atom. The number of carbonyl (C=O) groups is 4. The zero-order valence-corrected chi connectivity index (χ0v) is 18.6. The third-order valence-corrected chi connectivity index (χ3v) is 5.40. The lowest BCUT2D eigenvalue weighted by Gasteiger charge is -2.49. The number of thioether (sulfide) groups is 1. The van der Waals surface area contributed by atoms with Gasteiger partial charge in [0.1, 0.15) is 29.3 Å². The van der Waals surface area contributed by atoms with E-state index in [0.717, 1.165) is 0 Å². The van der Waals surface area contributed by atoms with Gasteiger partial charge in [0.15, 0.2) is 0 Å². The van der Waals surface area contributed by atoms with Crippen LogP contribution >= 0.6 is 11.8 Å². The molecule has 1 N–H and O–H groups in total. The van der Waals surface area contributed by atoms with Gasteiger partial charge in [-0.3, -0.25) is 14.5 Å². The number of nitrogens with one attached hydrogen (secondary N) is 1. The average Bonchev–Trinajstić information content (AvgIpc) is 2.67. The van der Waals surface area contributed by atoms with Crippen LogP contribution < -0.4 is 5.32 Å². The molecular weight excluding hydrogens is 430 g/mol. The second-order valence-electron chi connectivity index (χ2n) is 7.71. The molecule has 0 saturated carbocycles. The molecule has 1 fully saturated rings. The lowest BCUT2D eigenvalue weighted by atomic mass is 10.0. The predicted molar refractivity (Wildman–Crippen MR) is 109 cm³/mol. The average molecular weight is 455 g/mol. The molecular formula is C18H25N5O7S. The van der Waals surface area contributed by atoms with Gasteiger partial charge < -0.3 is 19.5 Å². The van der Waals surface area contributed by atoms with Crippen molar-refractivity contribution in [3.05, 3.63) is 21.7 Å². The van der Waals surface area contributed by atoms with Crippen molar-refractivity contribution in [2.45, 2.75) is 51.1 Å². The summed E-state index contributed by atoms with van der Waals surface area (Å²) < 4.78 is 15.4. The van der Waals surface area contributed by atoms with Crippen LogP contribution in [-0.2, 0) is 28.6 Å². The monoisotopic (exact) mass is 455 g/mol. The summed E-state index contributed by atoms with van der Waals surface area (Å²) in [6.45, 7) is 6.34. The van der Waals surface area contributed by atoms with Gasteiger partial charge in [0.05, 0.1) is 6.61 Å². The van der Waals surface area contributed by atoms with Crippen molar-refractivity contribution >= 4 is 35.7 Å². The lowest BCUT2D eigenvalue weighted by Crippen LogP contribution is -2.70. The van der Waals surface area contributed by atoms with Crippen LogP contribution in [0.1, 0.15) is 34.1 Å². The second-order valence-corrected chi connectivity index (χ2v) is 8.82. The molecule has 2 heterocycles. The van der Waals surface area contributed by atoms with Gasteiger partial charge in [-0.15, -0.1) is 11.8 Å². The Balaban J connectivity index is 2.13. The summed E-state index contributed by atoms with van der Waals surface area (Å²) in [4.78, 5) is 52.6. The van der Waals surface area contributed by atoms with Crippen LogP contribution in [0.3, 0.4) is 0 Å². The number of hydrogen-bond acceptors (Lipinski definition) is 9. The minimum absolute atomic E-state index is 0.000947. The first-order chi connectivity index (χ1) is 14.5. The molecule has 170 valence electrons. The number of alkyl carbamates (subject to hydrolysis) is 1. The fraction of sp³-hybridized carbons (Fsp3) is 0.667. The molecule has 31 heavy (non-hydrogen) atoms. The first kappa shape index (κ1) is 24.4. The molecule has 0 unspecified atom stereocenters.